The Labute approximate surface area is 174 Å². The fourth-order valence-electron chi connectivity index (χ4n) is 4.60. The Morgan fingerprint density at radius 1 is 0.931 bits per heavy atom. The smallest absolute Gasteiger partial charge is 0.264 e. The summed E-state index contributed by atoms with van der Waals surface area (Å²) in [5.41, 5.74) is 4.43. The quantitative estimate of drug-likeness (QED) is 0.698. The minimum atomic E-state index is 0.0632. The van der Waals surface area contributed by atoms with Crippen LogP contribution in [0.1, 0.15) is 49.0 Å². The molecule has 1 aromatic carbocycles. The van der Waals surface area contributed by atoms with Crippen LogP contribution < -0.4 is 0 Å². The van der Waals surface area contributed by atoms with Gasteiger partial charge in [-0.3, -0.25) is 9.59 Å². The van der Waals surface area contributed by atoms with Crippen LogP contribution in [0.15, 0.2) is 30.3 Å². The highest BCUT2D eigenvalue weighted by molar-refractivity contribution is 7.13. The molecule has 2 aromatic heterocycles. The number of aromatic amines is 1. The van der Waals surface area contributed by atoms with Gasteiger partial charge in [-0.1, -0.05) is 12.1 Å². The van der Waals surface area contributed by atoms with E-state index in [1.807, 2.05) is 41.0 Å². The lowest BCUT2D eigenvalue weighted by Crippen LogP contribution is -2.50. The molecule has 5 rings (SSSR count). The van der Waals surface area contributed by atoms with Gasteiger partial charge in [-0.25, -0.2) is 0 Å². The number of thiophene rings is 1. The van der Waals surface area contributed by atoms with Crippen LogP contribution in [0.2, 0.25) is 0 Å². The zero-order chi connectivity index (χ0) is 20.0. The van der Waals surface area contributed by atoms with Gasteiger partial charge >= 0.3 is 0 Å². The van der Waals surface area contributed by atoms with E-state index in [0.717, 1.165) is 33.7 Å². The molecule has 1 aliphatic carbocycles. The Balaban J connectivity index is 1.33. The number of fused-ring (bicyclic) bond motifs is 3. The van der Waals surface area contributed by atoms with Crippen molar-refractivity contribution in [3.8, 4) is 0 Å². The Morgan fingerprint density at radius 3 is 2.38 bits per heavy atom. The zero-order valence-electron chi connectivity index (χ0n) is 16.7. The monoisotopic (exact) mass is 407 g/mol. The van der Waals surface area contributed by atoms with Gasteiger partial charge in [-0.2, -0.15) is 0 Å². The SMILES string of the molecule is Cc1ccc(C(=O)N2CCN(C(=O)c3cccc4c5c([nH]c34)CCCC5)CC2)s1. The van der Waals surface area contributed by atoms with E-state index in [0.29, 0.717) is 26.2 Å². The normalized spacial score (nSPS) is 16.9. The third-order valence-electron chi connectivity index (χ3n) is 6.17. The number of hydrogen-bond acceptors (Lipinski definition) is 3. The molecule has 1 saturated heterocycles. The molecule has 0 saturated carbocycles. The molecule has 0 atom stereocenters. The highest BCUT2D eigenvalue weighted by Gasteiger charge is 2.28. The summed E-state index contributed by atoms with van der Waals surface area (Å²) in [5, 5.41) is 1.20. The summed E-state index contributed by atoms with van der Waals surface area (Å²) >= 11 is 1.53. The maximum absolute atomic E-state index is 13.3. The highest BCUT2D eigenvalue weighted by Crippen LogP contribution is 2.31. The molecule has 1 N–H and O–H groups in total. The van der Waals surface area contributed by atoms with E-state index >= 15 is 0 Å². The summed E-state index contributed by atoms with van der Waals surface area (Å²) in [6.07, 6.45) is 4.59. The number of amides is 2. The van der Waals surface area contributed by atoms with Gasteiger partial charge in [0, 0.05) is 42.1 Å². The maximum Gasteiger partial charge on any atom is 0.264 e. The van der Waals surface area contributed by atoms with Crippen molar-refractivity contribution in [3.63, 3.8) is 0 Å². The second-order valence-corrected chi connectivity index (χ2v) is 9.30. The highest BCUT2D eigenvalue weighted by atomic mass is 32.1. The zero-order valence-corrected chi connectivity index (χ0v) is 17.5. The minimum absolute atomic E-state index is 0.0632. The average molecular weight is 408 g/mol. The molecule has 2 amide bonds. The fourth-order valence-corrected chi connectivity index (χ4v) is 5.43. The van der Waals surface area contributed by atoms with Crippen LogP contribution in [0, 0.1) is 6.92 Å². The number of hydrogen-bond donors (Lipinski definition) is 1. The van der Waals surface area contributed by atoms with Crippen molar-refractivity contribution in [2.45, 2.75) is 32.6 Å². The van der Waals surface area contributed by atoms with Crippen molar-refractivity contribution in [3.05, 3.63) is 56.9 Å². The van der Waals surface area contributed by atoms with Gasteiger partial charge in [0.25, 0.3) is 11.8 Å². The number of carbonyl (C=O) groups is 2. The van der Waals surface area contributed by atoms with Crippen LogP contribution in [0.3, 0.4) is 0 Å². The van der Waals surface area contributed by atoms with Crippen molar-refractivity contribution >= 4 is 34.1 Å². The molecular formula is C23H25N3O2S. The second kappa shape index (κ2) is 7.34. The van der Waals surface area contributed by atoms with E-state index in [9.17, 15) is 9.59 Å². The Morgan fingerprint density at radius 2 is 1.66 bits per heavy atom. The number of piperazine rings is 1. The van der Waals surface area contributed by atoms with Gasteiger partial charge in [0.2, 0.25) is 0 Å². The van der Waals surface area contributed by atoms with E-state index in [4.69, 9.17) is 0 Å². The predicted octanol–water partition coefficient (Wildman–Crippen LogP) is 4.01. The number of benzene rings is 1. The molecule has 6 heteroatoms. The lowest BCUT2D eigenvalue weighted by Gasteiger charge is -2.34. The Kier molecular flexibility index (Phi) is 4.66. The molecule has 2 aliphatic rings. The first-order valence-electron chi connectivity index (χ1n) is 10.4. The van der Waals surface area contributed by atoms with Crippen LogP contribution in [-0.2, 0) is 12.8 Å². The van der Waals surface area contributed by atoms with Crippen molar-refractivity contribution in [1.82, 2.24) is 14.8 Å². The number of para-hydroxylation sites is 1. The van der Waals surface area contributed by atoms with Gasteiger partial charge in [0.05, 0.1) is 16.0 Å². The van der Waals surface area contributed by atoms with E-state index in [1.54, 1.807) is 0 Å². The molecule has 0 bridgehead atoms. The Hall–Kier alpha value is -2.60. The molecule has 5 nitrogen and oxygen atoms in total. The lowest BCUT2D eigenvalue weighted by molar-refractivity contribution is 0.0539. The van der Waals surface area contributed by atoms with E-state index in [-0.39, 0.29) is 11.8 Å². The molecule has 0 unspecified atom stereocenters. The van der Waals surface area contributed by atoms with Gasteiger partial charge in [0.1, 0.15) is 0 Å². The van der Waals surface area contributed by atoms with Gasteiger partial charge < -0.3 is 14.8 Å². The van der Waals surface area contributed by atoms with Crippen LogP contribution in [0.4, 0.5) is 0 Å². The van der Waals surface area contributed by atoms with E-state index < -0.39 is 0 Å². The predicted molar refractivity (Wildman–Crippen MR) is 116 cm³/mol. The first-order valence-corrected chi connectivity index (χ1v) is 11.2. The number of H-pyrrole nitrogens is 1. The summed E-state index contributed by atoms with van der Waals surface area (Å²) in [6.45, 7) is 4.33. The van der Waals surface area contributed by atoms with Gasteiger partial charge in [0.15, 0.2) is 0 Å². The molecule has 0 spiro atoms. The Bertz CT molecular complexity index is 1090. The minimum Gasteiger partial charge on any atom is -0.358 e. The molecule has 150 valence electrons. The topological polar surface area (TPSA) is 56.4 Å². The lowest BCUT2D eigenvalue weighted by atomic mass is 9.95. The van der Waals surface area contributed by atoms with Gasteiger partial charge in [-0.05, 0) is 56.4 Å². The van der Waals surface area contributed by atoms with Crippen LogP contribution >= 0.6 is 11.3 Å². The molecule has 29 heavy (non-hydrogen) atoms. The van der Waals surface area contributed by atoms with Crippen molar-refractivity contribution < 1.29 is 9.59 Å². The third-order valence-corrected chi connectivity index (χ3v) is 7.16. The average Bonchev–Trinajstić information content (AvgIpc) is 3.36. The van der Waals surface area contributed by atoms with Crippen molar-refractivity contribution in [2.75, 3.05) is 26.2 Å². The molecule has 1 aliphatic heterocycles. The standard InChI is InChI=1S/C23H25N3O2S/c1-15-9-10-20(29-15)23(28)26-13-11-25(12-14-26)22(27)18-7-4-6-17-16-5-2-3-8-19(16)24-21(17)18/h4,6-7,9-10,24H,2-3,5,8,11-14H2,1H3. The van der Waals surface area contributed by atoms with Crippen molar-refractivity contribution in [2.24, 2.45) is 0 Å². The summed E-state index contributed by atoms with van der Waals surface area (Å²) in [5.74, 6) is 0.141. The third kappa shape index (κ3) is 3.25. The number of aryl methyl sites for hydroxylation is 3. The second-order valence-electron chi connectivity index (χ2n) is 8.01. The number of rotatable bonds is 2. The molecule has 3 aromatic rings. The first kappa shape index (κ1) is 18.4. The molecular weight excluding hydrogens is 382 g/mol. The number of carbonyl (C=O) groups excluding carboxylic acids is 2. The summed E-state index contributed by atoms with van der Waals surface area (Å²) in [4.78, 5) is 35.2. The number of nitrogens with one attached hydrogen (secondary N) is 1. The van der Waals surface area contributed by atoms with E-state index in [1.165, 1.54) is 40.8 Å². The summed E-state index contributed by atoms with van der Waals surface area (Å²) in [6, 6.07) is 9.93. The van der Waals surface area contributed by atoms with Crippen LogP contribution in [0.25, 0.3) is 10.9 Å². The van der Waals surface area contributed by atoms with Crippen LogP contribution in [0.5, 0.6) is 0 Å². The van der Waals surface area contributed by atoms with E-state index in [2.05, 4.69) is 11.1 Å². The maximum atomic E-state index is 13.3. The fraction of sp³-hybridized carbons (Fsp3) is 0.391. The largest absolute Gasteiger partial charge is 0.358 e. The summed E-state index contributed by atoms with van der Waals surface area (Å²) in [7, 11) is 0. The van der Waals surface area contributed by atoms with Gasteiger partial charge in [-0.15, -0.1) is 11.3 Å². The number of nitrogens with zero attached hydrogens (tertiary/aromatic N) is 2. The van der Waals surface area contributed by atoms with Crippen molar-refractivity contribution in [1.29, 1.82) is 0 Å². The molecule has 3 heterocycles. The van der Waals surface area contributed by atoms with Crippen LogP contribution in [-0.4, -0.2) is 52.8 Å². The first-order chi connectivity index (χ1) is 14.1. The number of aromatic nitrogens is 1. The molecule has 1 fully saturated rings. The summed E-state index contributed by atoms with van der Waals surface area (Å²) < 4.78 is 0. The molecule has 0 radical (unpaired) electrons.